The molecule has 0 aromatic carbocycles. The fraction of sp³-hybridized carbons (Fsp3) is 0.625. The van der Waals surface area contributed by atoms with Gasteiger partial charge in [-0.3, -0.25) is 4.68 Å². The van der Waals surface area contributed by atoms with Crippen LogP contribution in [0.3, 0.4) is 0 Å². The molecule has 0 fully saturated rings. The summed E-state index contributed by atoms with van der Waals surface area (Å²) in [5.41, 5.74) is 1.16. The van der Waals surface area contributed by atoms with Gasteiger partial charge in [0.1, 0.15) is 0 Å². The van der Waals surface area contributed by atoms with Crippen LogP contribution in [0.2, 0.25) is 5.02 Å². The van der Waals surface area contributed by atoms with E-state index < -0.39 is 0 Å². The molecule has 3 heteroatoms. The van der Waals surface area contributed by atoms with Gasteiger partial charge in [0.2, 0.25) is 0 Å². The van der Waals surface area contributed by atoms with Crippen molar-refractivity contribution in [3.05, 3.63) is 16.9 Å². The van der Waals surface area contributed by atoms with E-state index in [4.69, 9.17) is 11.6 Å². The minimum Gasteiger partial charge on any atom is -0.268 e. The molecule has 2 nitrogen and oxygen atoms in total. The van der Waals surface area contributed by atoms with Crippen LogP contribution in [0.4, 0.5) is 0 Å². The van der Waals surface area contributed by atoms with Gasteiger partial charge in [-0.1, -0.05) is 24.9 Å². The molecule has 1 aromatic heterocycles. The summed E-state index contributed by atoms with van der Waals surface area (Å²) in [7, 11) is 0. The van der Waals surface area contributed by atoms with Gasteiger partial charge in [-0.25, -0.2) is 0 Å². The van der Waals surface area contributed by atoms with Gasteiger partial charge in [0, 0.05) is 6.54 Å². The lowest BCUT2D eigenvalue weighted by atomic mass is 10.2. The van der Waals surface area contributed by atoms with E-state index in [0.717, 1.165) is 30.1 Å². The van der Waals surface area contributed by atoms with Gasteiger partial charge >= 0.3 is 0 Å². The lowest BCUT2D eigenvalue weighted by Gasteiger charge is -2.02. The van der Waals surface area contributed by atoms with Crippen LogP contribution in [0.15, 0.2) is 6.20 Å². The van der Waals surface area contributed by atoms with Crippen molar-refractivity contribution >= 4 is 11.6 Å². The molecule has 0 saturated carbocycles. The van der Waals surface area contributed by atoms with E-state index in [1.807, 2.05) is 4.68 Å². The van der Waals surface area contributed by atoms with E-state index in [-0.39, 0.29) is 0 Å². The maximum Gasteiger partial charge on any atom is 0.0817 e. The Hall–Kier alpha value is -0.500. The van der Waals surface area contributed by atoms with Crippen molar-refractivity contribution in [2.45, 2.75) is 33.2 Å². The van der Waals surface area contributed by atoms with Gasteiger partial charge in [-0.2, -0.15) is 5.10 Å². The summed E-state index contributed by atoms with van der Waals surface area (Å²) in [6.07, 6.45) is 3.86. The first kappa shape index (κ1) is 8.60. The molecular formula is C8H13ClN2. The molecule has 1 heterocycles. The minimum absolute atomic E-state index is 0.800. The van der Waals surface area contributed by atoms with E-state index in [1.54, 1.807) is 6.20 Å². The van der Waals surface area contributed by atoms with Crippen LogP contribution in [0.5, 0.6) is 0 Å². The fourth-order valence-corrected chi connectivity index (χ4v) is 1.38. The zero-order valence-electron chi connectivity index (χ0n) is 6.97. The molecule has 0 aliphatic rings. The molecule has 62 valence electrons. The zero-order chi connectivity index (χ0) is 8.27. The lowest BCUT2D eigenvalue weighted by molar-refractivity contribution is 0.616. The van der Waals surface area contributed by atoms with Crippen molar-refractivity contribution in [3.63, 3.8) is 0 Å². The maximum absolute atomic E-state index is 5.92. The quantitative estimate of drug-likeness (QED) is 0.685. The van der Waals surface area contributed by atoms with Gasteiger partial charge in [0.25, 0.3) is 0 Å². The van der Waals surface area contributed by atoms with Crippen LogP contribution in [-0.4, -0.2) is 9.78 Å². The summed E-state index contributed by atoms with van der Waals surface area (Å²) in [5.74, 6) is 0. The second-order valence-corrected chi connectivity index (χ2v) is 2.91. The largest absolute Gasteiger partial charge is 0.268 e. The number of hydrogen-bond donors (Lipinski definition) is 0. The Bertz CT molecular complexity index is 230. The number of aromatic nitrogens is 2. The van der Waals surface area contributed by atoms with Crippen LogP contribution in [-0.2, 0) is 13.0 Å². The number of aryl methyl sites for hydroxylation is 1. The van der Waals surface area contributed by atoms with E-state index in [2.05, 4.69) is 18.9 Å². The molecule has 1 rings (SSSR count). The number of hydrogen-bond acceptors (Lipinski definition) is 1. The van der Waals surface area contributed by atoms with E-state index in [1.165, 1.54) is 0 Å². The zero-order valence-corrected chi connectivity index (χ0v) is 7.73. The maximum atomic E-state index is 5.92. The Labute approximate surface area is 72.2 Å². The molecule has 0 spiro atoms. The second-order valence-electron chi connectivity index (χ2n) is 2.50. The van der Waals surface area contributed by atoms with Gasteiger partial charge in [-0.05, 0) is 13.3 Å². The van der Waals surface area contributed by atoms with Crippen LogP contribution in [0.25, 0.3) is 0 Å². The van der Waals surface area contributed by atoms with E-state index >= 15 is 0 Å². The van der Waals surface area contributed by atoms with E-state index in [0.29, 0.717) is 0 Å². The van der Waals surface area contributed by atoms with Crippen molar-refractivity contribution in [2.24, 2.45) is 0 Å². The summed E-state index contributed by atoms with van der Waals surface area (Å²) >= 11 is 5.92. The third kappa shape index (κ3) is 1.74. The molecule has 11 heavy (non-hydrogen) atoms. The van der Waals surface area contributed by atoms with Crippen molar-refractivity contribution in [3.8, 4) is 0 Å². The molecular weight excluding hydrogens is 160 g/mol. The van der Waals surface area contributed by atoms with Gasteiger partial charge in [-0.15, -0.1) is 0 Å². The van der Waals surface area contributed by atoms with Crippen LogP contribution < -0.4 is 0 Å². The normalized spacial score (nSPS) is 10.5. The Morgan fingerprint density at radius 3 is 2.82 bits per heavy atom. The summed E-state index contributed by atoms with van der Waals surface area (Å²) < 4.78 is 1.95. The van der Waals surface area contributed by atoms with E-state index in [9.17, 15) is 0 Å². The molecule has 0 atom stereocenters. The first-order valence-electron chi connectivity index (χ1n) is 3.99. The highest BCUT2D eigenvalue weighted by molar-refractivity contribution is 6.31. The highest BCUT2D eigenvalue weighted by Gasteiger charge is 2.05. The molecule has 0 unspecified atom stereocenters. The predicted molar refractivity (Wildman–Crippen MR) is 46.9 cm³/mol. The Morgan fingerprint density at radius 1 is 1.55 bits per heavy atom. The summed E-state index contributed by atoms with van der Waals surface area (Å²) in [6.45, 7) is 5.12. The van der Waals surface area contributed by atoms with Crippen LogP contribution in [0, 0.1) is 0 Å². The number of halogens is 1. The molecule has 1 aromatic rings. The predicted octanol–water partition coefficient (Wildman–Crippen LogP) is 2.51. The minimum atomic E-state index is 0.800. The van der Waals surface area contributed by atoms with Crippen molar-refractivity contribution in [1.29, 1.82) is 0 Å². The van der Waals surface area contributed by atoms with Crippen LogP contribution >= 0.6 is 11.6 Å². The number of nitrogens with zero attached hydrogens (tertiary/aromatic N) is 2. The second kappa shape index (κ2) is 3.77. The highest BCUT2D eigenvalue weighted by atomic mass is 35.5. The average molecular weight is 173 g/mol. The Morgan fingerprint density at radius 2 is 2.27 bits per heavy atom. The summed E-state index contributed by atoms with van der Waals surface area (Å²) in [6, 6.07) is 0. The first-order valence-corrected chi connectivity index (χ1v) is 4.37. The van der Waals surface area contributed by atoms with Gasteiger partial charge in [0.15, 0.2) is 0 Å². The van der Waals surface area contributed by atoms with Crippen molar-refractivity contribution in [1.82, 2.24) is 9.78 Å². The Kier molecular flexibility index (Phi) is 2.94. The molecule has 0 bridgehead atoms. The first-order chi connectivity index (χ1) is 5.29. The smallest absolute Gasteiger partial charge is 0.0817 e. The molecule has 0 aliphatic carbocycles. The standard InChI is InChI=1S/C8H13ClN2/c1-3-5-8-7(9)6-10-11(8)4-2/h6H,3-5H2,1-2H3. The topological polar surface area (TPSA) is 17.8 Å². The van der Waals surface area contributed by atoms with Gasteiger partial charge in [0.05, 0.1) is 16.9 Å². The SMILES string of the molecule is CCCc1c(Cl)cnn1CC. The van der Waals surface area contributed by atoms with Crippen molar-refractivity contribution in [2.75, 3.05) is 0 Å². The third-order valence-electron chi connectivity index (χ3n) is 1.68. The Balaban J connectivity index is 2.88. The van der Waals surface area contributed by atoms with Crippen molar-refractivity contribution < 1.29 is 0 Å². The molecule has 0 amide bonds. The summed E-state index contributed by atoms with van der Waals surface area (Å²) in [4.78, 5) is 0. The highest BCUT2D eigenvalue weighted by Crippen LogP contribution is 2.16. The number of rotatable bonds is 3. The van der Waals surface area contributed by atoms with Crippen LogP contribution in [0.1, 0.15) is 26.0 Å². The third-order valence-corrected chi connectivity index (χ3v) is 2.00. The molecule has 0 saturated heterocycles. The summed E-state index contributed by atoms with van der Waals surface area (Å²) in [5, 5.41) is 4.94. The molecule has 0 N–H and O–H groups in total. The molecule has 0 radical (unpaired) electrons. The molecule has 0 aliphatic heterocycles. The monoisotopic (exact) mass is 172 g/mol. The van der Waals surface area contributed by atoms with Gasteiger partial charge < -0.3 is 0 Å². The lowest BCUT2D eigenvalue weighted by Crippen LogP contribution is -2.02. The average Bonchev–Trinajstić information content (AvgIpc) is 2.34. The fourth-order valence-electron chi connectivity index (χ4n) is 1.15.